The first kappa shape index (κ1) is 23.0. The van der Waals surface area contributed by atoms with Crippen molar-refractivity contribution < 1.29 is 19.2 Å². The molecule has 180 valence electrons. The Morgan fingerprint density at radius 2 is 1.53 bits per heavy atom. The van der Waals surface area contributed by atoms with Crippen LogP contribution in [0.4, 0.5) is 5.69 Å². The lowest BCUT2D eigenvalue weighted by atomic mass is 10.1. The molecule has 1 N–H and O–H groups in total. The Kier molecular flexibility index (Phi) is 6.03. The first-order chi connectivity index (χ1) is 17.5. The summed E-state index contributed by atoms with van der Waals surface area (Å²) in [6.07, 6.45) is 1.07. The Morgan fingerprint density at radius 3 is 2.11 bits per heavy atom. The van der Waals surface area contributed by atoms with Gasteiger partial charge in [0.1, 0.15) is 11.6 Å². The molecular weight excluding hydrogens is 460 g/mol. The van der Waals surface area contributed by atoms with Crippen LogP contribution in [0.15, 0.2) is 72.8 Å². The van der Waals surface area contributed by atoms with Gasteiger partial charge in [-0.05, 0) is 61.4 Å². The van der Waals surface area contributed by atoms with Gasteiger partial charge in [-0.15, -0.1) is 0 Å². The van der Waals surface area contributed by atoms with Gasteiger partial charge in [0.05, 0.1) is 28.9 Å². The van der Waals surface area contributed by atoms with E-state index in [0.29, 0.717) is 35.4 Å². The Labute approximate surface area is 206 Å². The molecule has 9 nitrogen and oxygen atoms in total. The zero-order chi connectivity index (χ0) is 25.2. The molecule has 2 heterocycles. The minimum Gasteiger partial charge on any atom is -0.497 e. The van der Waals surface area contributed by atoms with E-state index in [4.69, 9.17) is 9.72 Å². The number of aryl methyl sites for hydroxylation is 1. The molecule has 2 amide bonds. The molecule has 1 aliphatic heterocycles. The van der Waals surface area contributed by atoms with Crippen LogP contribution in [0.25, 0.3) is 22.6 Å². The van der Waals surface area contributed by atoms with E-state index in [1.807, 2.05) is 24.3 Å². The SMILES string of the molecule is COc1ccc(-c2nc(-c3ccc([N+](=O)[O-])cc3)[nH]c2CCCN2C(=O)c3ccccc3C2=O)cc1. The molecule has 3 aromatic carbocycles. The quantitative estimate of drug-likeness (QED) is 0.217. The number of nitrogens with one attached hydrogen (secondary N) is 1. The number of rotatable bonds is 8. The number of imide groups is 1. The summed E-state index contributed by atoms with van der Waals surface area (Å²) in [5.74, 6) is 0.743. The monoisotopic (exact) mass is 482 g/mol. The summed E-state index contributed by atoms with van der Waals surface area (Å²) >= 11 is 0. The van der Waals surface area contributed by atoms with E-state index >= 15 is 0 Å². The molecule has 0 saturated carbocycles. The predicted octanol–water partition coefficient (Wildman–Crippen LogP) is 4.89. The van der Waals surface area contributed by atoms with Crippen molar-refractivity contribution >= 4 is 17.5 Å². The number of carbonyl (C=O) groups excluding carboxylic acids is 2. The Bertz CT molecular complexity index is 1420. The van der Waals surface area contributed by atoms with Crippen LogP contribution in [0, 0.1) is 10.1 Å². The van der Waals surface area contributed by atoms with Crippen molar-refractivity contribution in [3.05, 3.63) is 99.7 Å². The van der Waals surface area contributed by atoms with Crippen LogP contribution in [-0.2, 0) is 6.42 Å². The van der Waals surface area contributed by atoms with Crippen molar-refractivity contribution in [3.63, 3.8) is 0 Å². The zero-order valence-corrected chi connectivity index (χ0v) is 19.4. The Hall–Kier alpha value is -4.79. The fourth-order valence-electron chi connectivity index (χ4n) is 4.31. The van der Waals surface area contributed by atoms with Crippen molar-refractivity contribution in [1.29, 1.82) is 0 Å². The lowest BCUT2D eigenvalue weighted by Gasteiger charge is -2.13. The Balaban J connectivity index is 1.40. The van der Waals surface area contributed by atoms with Crippen LogP contribution < -0.4 is 4.74 Å². The van der Waals surface area contributed by atoms with Crippen LogP contribution in [0.2, 0.25) is 0 Å². The molecule has 0 aliphatic carbocycles. The Morgan fingerprint density at radius 1 is 0.917 bits per heavy atom. The lowest BCUT2D eigenvalue weighted by Crippen LogP contribution is -2.31. The largest absolute Gasteiger partial charge is 0.497 e. The van der Waals surface area contributed by atoms with Gasteiger partial charge in [0.2, 0.25) is 0 Å². The lowest BCUT2D eigenvalue weighted by molar-refractivity contribution is -0.384. The molecule has 0 fully saturated rings. The summed E-state index contributed by atoms with van der Waals surface area (Å²) in [5.41, 5.74) is 4.02. The normalized spacial score (nSPS) is 12.6. The molecule has 4 aromatic rings. The third-order valence-corrected chi connectivity index (χ3v) is 6.18. The maximum atomic E-state index is 12.7. The number of nitro benzene ring substituents is 1. The van der Waals surface area contributed by atoms with Crippen LogP contribution in [0.1, 0.15) is 32.8 Å². The van der Waals surface area contributed by atoms with Crippen LogP contribution >= 0.6 is 0 Å². The van der Waals surface area contributed by atoms with E-state index in [1.54, 1.807) is 43.5 Å². The minimum atomic E-state index is -0.445. The van der Waals surface area contributed by atoms with E-state index in [1.165, 1.54) is 17.0 Å². The van der Waals surface area contributed by atoms with Crippen molar-refractivity contribution in [2.75, 3.05) is 13.7 Å². The van der Waals surface area contributed by atoms with Crippen LogP contribution in [0.3, 0.4) is 0 Å². The third-order valence-electron chi connectivity index (χ3n) is 6.18. The van der Waals surface area contributed by atoms with Crippen molar-refractivity contribution in [1.82, 2.24) is 14.9 Å². The standard InChI is InChI=1S/C27H22N4O5/c1-36-20-14-10-17(11-15-20)24-23(28-25(29-24)18-8-12-19(13-9-18)31(34)35)7-4-16-30-26(32)21-5-2-3-6-22(21)27(30)33/h2-3,5-6,8-15H,4,7,16H2,1H3,(H,28,29). The molecule has 1 aromatic heterocycles. The molecule has 5 rings (SSSR count). The van der Waals surface area contributed by atoms with Crippen LogP contribution in [0.5, 0.6) is 5.75 Å². The van der Waals surface area contributed by atoms with Gasteiger partial charge in [-0.1, -0.05) is 12.1 Å². The molecule has 1 aliphatic rings. The molecular formula is C27H22N4O5. The summed E-state index contributed by atoms with van der Waals surface area (Å²) < 4.78 is 5.26. The molecule has 0 unspecified atom stereocenters. The van der Waals surface area contributed by atoms with E-state index in [-0.39, 0.29) is 24.0 Å². The number of hydrogen-bond donors (Lipinski definition) is 1. The average Bonchev–Trinajstić information content (AvgIpc) is 3.44. The highest BCUT2D eigenvalue weighted by Crippen LogP contribution is 2.30. The highest BCUT2D eigenvalue weighted by molar-refractivity contribution is 6.21. The highest BCUT2D eigenvalue weighted by Gasteiger charge is 2.34. The first-order valence-corrected chi connectivity index (χ1v) is 11.4. The summed E-state index contributed by atoms with van der Waals surface area (Å²) in [4.78, 5) is 45.3. The van der Waals surface area contributed by atoms with Crippen LogP contribution in [-0.4, -0.2) is 45.3 Å². The number of methoxy groups -OCH3 is 1. The van der Waals surface area contributed by atoms with Gasteiger partial charge in [-0.3, -0.25) is 24.6 Å². The number of non-ortho nitro benzene ring substituents is 1. The number of ether oxygens (including phenoxy) is 1. The third kappa shape index (κ3) is 4.22. The number of amides is 2. The van der Waals surface area contributed by atoms with E-state index in [0.717, 1.165) is 22.7 Å². The van der Waals surface area contributed by atoms with Crippen molar-refractivity contribution in [2.45, 2.75) is 12.8 Å². The molecule has 9 heteroatoms. The van der Waals surface area contributed by atoms with Gasteiger partial charge in [0.15, 0.2) is 0 Å². The molecule has 0 radical (unpaired) electrons. The smallest absolute Gasteiger partial charge is 0.269 e. The van der Waals surface area contributed by atoms with Gasteiger partial charge >= 0.3 is 0 Å². The predicted molar refractivity (Wildman–Crippen MR) is 133 cm³/mol. The van der Waals surface area contributed by atoms with E-state index < -0.39 is 4.92 Å². The highest BCUT2D eigenvalue weighted by atomic mass is 16.6. The number of fused-ring (bicyclic) bond motifs is 1. The number of aromatic amines is 1. The zero-order valence-electron chi connectivity index (χ0n) is 19.4. The second-order valence-electron chi connectivity index (χ2n) is 8.36. The number of hydrogen-bond acceptors (Lipinski definition) is 6. The number of nitro groups is 1. The fraction of sp³-hybridized carbons (Fsp3) is 0.148. The summed E-state index contributed by atoms with van der Waals surface area (Å²) in [7, 11) is 1.60. The van der Waals surface area contributed by atoms with E-state index in [2.05, 4.69) is 4.98 Å². The van der Waals surface area contributed by atoms with Crippen molar-refractivity contribution in [3.8, 4) is 28.4 Å². The summed E-state index contributed by atoms with van der Waals surface area (Å²) in [6.45, 7) is 0.278. The fourth-order valence-corrected chi connectivity index (χ4v) is 4.31. The molecule has 0 saturated heterocycles. The van der Waals surface area contributed by atoms with Gasteiger partial charge in [0, 0.05) is 35.5 Å². The summed E-state index contributed by atoms with van der Waals surface area (Å²) in [6, 6.07) is 20.5. The number of H-pyrrole nitrogens is 1. The van der Waals surface area contributed by atoms with Crippen molar-refractivity contribution in [2.24, 2.45) is 0 Å². The van der Waals surface area contributed by atoms with Gasteiger partial charge in [0.25, 0.3) is 17.5 Å². The number of imidazole rings is 1. The van der Waals surface area contributed by atoms with Gasteiger partial charge in [-0.2, -0.15) is 0 Å². The molecule has 0 atom stereocenters. The number of benzene rings is 3. The molecule has 36 heavy (non-hydrogen) atoms. The second-order valence-corrected chi connectivity index (χ2v) is 8.36. The van der Waals surface area contributed by atoms with Gasteiger partial charge < -0.3 is 9.72 Å². The molecule has 0 bridgehead atoms. The number of nitrogens with zero attached hydrogens (tertiary/aromatic N) is 3. The summed E-state index contributed by atoms with van der Waals surface area (Å²) in [5, 5.41) is 11.0. The molecule has 0 spiro atoms. The number of aromatic nitrogens is 2. The average molecular weight is 482 g/mol. The topological polar surface area (TPSA) is 118 Å². The second kappa shape index (κ2) is 9.46. The van der Waals surface area contributed by atoms with E-state index in [9.17, 15) is 19.7 Å². The minimum absolute atomic E-state index is 0.00171. The number of carbonyl (C=O) groups is 2. The first-order valence-electron chi connectivity index (χ1n) is 11.4. The maximum absolute atomic E-state index is 12.7. The van der Waals surface area contributed by atoms with Gasteiger partial charge in [-0.25, -0.2) is 4.98 Å². The maximum Gasteiger partial charge on any atom is 0.269 e.